The number of pyridine rings is 1. The second kappa shape index (κ2) is 10.5. The number of nitrogens with zero attached hydrogens (tertiary/aromatic N) is 2. The second-order valence-electron chi connectivity index (χ2n) is 10.7. The van der Waals surface area contributed by atoms with Gasteiger partial charge in [0, 0.05) is 25.8 Å². The first-order chi connectivity index (χ1) is 17.7. The molecule has 0 atom stereocenters. The number of hydrogen-bond donors (Lipinski definition) is 1. The zero-order valence-corrected chi connectivity index (χ0v) is 21.1. The van der Waals surface area contributed by atoms with Crippen LogP contribution in [0.25, 0.3) is 5.57 Å². The van der Waals surface area contributed by atoms with Crippen molar-refractivity contribution in [3.05, 3.63) is 64.0 Å². The summed E-state index contributed by atoms with van der Waals surface area (Å²) < 4.78 is 47.5. The van der Waals surface area contributed by atoms with E-state index in [1.807, 2.05) is 18.2 Å². The molecule has 0 unspecified atom stereocenters. The van der Waals surface area contributed by atoms with Crippen molar-refractivity contribution in [1.82, 2.24) is 9.88 Å². The number of benzene rings is 1. The molecule has 0 amide bonds. The number of alkyl halides is 3. The highest BCUT2D eigenvalue weighted by Crippen LogP contribution is 2.41. The molecule has 198 valence electrons. The fourth-order valence-corrected chi connectivity index (χ4v) is 5.95. The summed E-state index contributed by atoms with van der Waals surface area (Å²) in [5.41, 5.74) is 4.86. The third kappa shape index (κ3) is 5.69. The van der Waals surface area contributed by atoms with E-state index in [1.54, 1.807) is 0 Å². The van der Waals surface area contributed by atoms with E-state index < -0.39 is 17.7 Å². The number of fused-ring (bicyclic) bond motifs is 1. The molecule has 0 spiro atoms. The standard InChI is InChI=1S/C29H33F3N2O3/c1-18-21(14-34-15-22(16-34)28(35)36)8-7-20-11-24(9-10-25(18)20)37-17-23-12-27(29(30,31)32)26(13-33-23)19-5-3-2-4-6-19/h9-13,19,22H,2-8,14-17H2,1H3,(H,35,36). The van der Waals surface area contributed by atoms with Gasteiger partial charge in [0.25, 0.3) is 0 Å². The molecule has 3 aliphatic rings. The van der Waals surface area contributed by atoms with Gasteiger partial charge in [-0.05, 0) is 79.0 Å². The zero-order chi connectivity index (χ0) is 26.2. The number of allylic oxidation sites excluding steroid dienone is 1. The third-order valence-electron chi connectivity index (χ3n) is 8.16. The summed E-state index contributed by atoms with van der Waals surface area (Å²) in [7, 11) is 0. The Morgan fingerprint density at radius 3 is 2.59 bits per heavy atom. The molecule has 8 heteroatoms. The minimum Gasteiger partial charge on any atom is -0.487 e. The first-order valence-electron chi connectivity index (χ1n) is 13.1. The lowest BCUT2D eigenvalue weighted by Crippen LogP contribution is -2.50. The monoisotopic (exact) mass is 514 g/mol. The third-order valence-corrected chi connectivity index (χ3v) is 8.16. The highest BCUT2D eigenvalue weighted by atomic mass is 19.4. The Hall–Kier alpha value is -2.87. The van der Waals surface area contributed by atoms with E-state index in [9.17, 15) is 18.0 Å². The molecule has 1 N–H and O–H groups in total. The average Bonchev–Trinajstić information content (AvgIpc) is 2.85. The number of carbonyl (C=O) groups is 1. The number of likely N-dealkylation sites (tertiary alicyclic amines) is 1. The number of halogens is 3. The molecule has 37 heavy (non-hydrogen) atoms. The van der Waals surface area contributed by atoms with Crippen LogP contribution < -0.4 is 4.74 Å². The van der Waals surface area contributed by atoms with Gasteiger partial charge in [0.05, 0.1) is 17.2 Å². The predicted molar refractivity (Wildman–Crippen MR) is 134 cm³/mol. The average molecular weight is 515 g/mol. The van der Waals surface area contributed by atoms with Crippen LogP contribution >= 0.6 is 0 Å². The molecule has 1 saturated carbocycles. The Labute approximate surface area is 215 Å². The molecule has 2 aromatic rings. The number of carboxylic acid groups (broad SMARTS) is 1. The highest BCUT2D eigenvalue weighted by molar-refractivity contribution is 5.73. The number of aliphatic carboxylic acids is 1. The normalized spacial score (nSPS) is 19.5. The van der Waals surface area contributed by atoms with Gasteiger partial charge in [0.1, 0.15) is 12.4 Å². The van der Waals surface area contributed by atoms with E-state index in [0.29, 0.717) is 24.4 Å². The van der Waals surface area contributed by atoms with E-state index in [0.717, 1.165) is 68.7 Å². The van der Waals surface area contributed by atoms with Crippen LogP contribution in [0.15, 0.2) is 36.0 Å². The number of hydrogen-bond acceptors (Lipinski definition) is 4. The smallest absolute Gasteiger partial charge is 0.416 e. The molecule has 5 nitrogen and oxygen atoms in total. The van der Waals surface area contributed by atoms with Crippen molar-refractivity contribution in [3.8, 4) is 5.75 Å². The zero-order valence-electron chi connectivity index (χ0n) is 21.1. The second-order valence-corrected chi connectivity index (χ2v) is 10.7. The van der Waals surface area contributed by atoms with Crippen molar-refractivity contribution in [2.75, 3.05) is 19.6 Å². The first kappa shape index (κ1) is 25.8. The van der Waals surface area contributed by atoms with Crippen LogP contribution in [-0.2, 0) is 24.0 Å². The molecule has 2 heterocycles. The fourth-order valence-electron chi connectivity index (χ4n) is 5.95. The maximum Gasteiger partial charge on any atom is 0.416 e. The molecule has 1 saturated heterocycles. The lowest BCUT2D eigenvalue weighted by atomic mass is 9.82. The van der Waals surface area contributed by atoms with E-state index in [1.165, 1.54) is 17.3 Å². The lowest BCUT2D eigenvalue weighted by Gasteiger charge is -2.38. The van der Waals surface area contributed by atoms with E-state index in [2.05, 4.69) is 16.8 Å². The summed E-state index contributed by atoms with van der Waals surface area (Å²) in [6.07, 6.45) is 3.32. The Balaban J connectivity index is 1.26. The minimum absolute atomic E-state index is 0.0212. The van der Waals surface area contributed by atoms with E-state index in [-0.39, 0.29) is 24.1 Å². The van der Waals surface area contributed by atoms with Crippen LogP contribution in [0.4, 0.5) is 13.2 Å². The molecular weight excluding hydrogens is 481 g/mol. The number of aromatic nitrogens is 1. The Kier molecular flexibility index (Phi) is 7.30. The maximum absolute atomic E-state index is 13.9. The quantitative estimate of drug-likeness (QED) is 0.459. The molecule has 2 fully saturated rings. The van der Waals surface area contributed by atoms with Crippen LogP contribution in [0.3, 0.4) is 0 Å². The minimum atomic E-state index is -4.41. The van der Waals surface area contributed by atoms with Crippen LogP contribution in [-0.4, -0.2) is 40.6 Å². The SMILES string of the molecule is CC1=C(CN2CC(C(=O)O)C2)CCc2cc(OCc3cc(C(F)(F)F)c(C4CCCCC4)cn3)ccc21. The summed E-state index contributed by atoms with van der Waals surface area (Å²) in [5, 5.41) is 9.09. The van der Waals surface area contributed by atoms with Crippen LogP contribution in [0, 0.1) is 5.92 Å². The van der Waals surface area contributed by atoms with Gasteiger partial charge < -0.3 is 9.84 Å². The fraction of sp³-hybridized carbons (Fsp3) is 0.517. The van der Waals surface area contributed by atoms with Gasteiger partial charge in [0.15, 0.2) is 0 Å². The summed E-state index contributed by atoms with van der Waals surface area (Å²) in [5.74, 6) is -0.446. The first-order valence-corrected chi connectivity index (χ1v) is 13.1. The van der Waals surface area contributed by atoms with Crippen molar-refractivity contribution in [2.24, 2.45) is 5.92 Å². The van der Waals surface area contributed by atoms with Gasteiger partial charge in [0.2, 0.25) is 0 Å². The van der Waals surface area contributed by atoms with E-state index >= 15 is 0 Å². The number of ether oxygens (including phenoxy) is 1. The van der Waals surface area contributed by atoms with Gasteiger partial charge in [-0.2, -0.15) is 13.2 Å². The number of carboxylic acids is 1. The largest absolute Gasteiger partial charge is 0.487 e. The Bertz CT molecular complexity index is 1200. The van der Waals surface area contributed by atoms with Crippen LogP contribution in [0.5, 0.6) is 5.75 Å². The molecule has 2 aliphatic carbocycles. The van der Waals surface area contributed by atoms with Gasteiger partial charge >= 0.3 is 12.1 Å². The summed E-state index contributed by atoms with van der Waals surface area (Å²) >= 11 is 0. The van der Waals surface area contributed by atoms with Gasteiger partial charge in [-0.15, -0.1) is 0 Å². The molecule has 1 aromatic heterocycles. The summed E-state index contributed by atoms with van der Waals surface area (Å²) in [6.45, 7) is 4.05. The van der Waals surface area contributed by atoms with Gasteiger partial charge in [-0.3, -0.25) is 14.7 Å². The predicted octanol–water partition coefficient (Wildman–Crippen LogP) is 6.46. The van der Waals surface area contributed by atoms with Crippen molar-refractivity contribution in [2.45, 2.75) is 70.6 Å². The lowest BCUT2D eigenvalue weighted by molar-refractivity contribution is -0.147. The van der Waals surface area contributed by atoms with E-state index in [4.69, 9.17) is 9.84 Å². The van der Waals surface area contributed by atoms with Crippen molar-refractivity contribution < 1.29 is 27.8 Å². The molecule has 0 bridgehead atoms. The Morgan fingerprint density at radius 1 is 1.14 bits per heavy atom. The van der Waals surface area contributed by atoms with Crippen molar-refractivity contribution in [1.29, 1.82) is 0 Å². The topological polar surface area (TPSA) is 62.7 Å². The van der Waals surface area contributed by atoms with Crippen LogP contribution in [0.1, 0.15) is 79.3 Å². The van der Waals surface area contributed by atoms with Crippen LogP contribution in [0.2, 0.25) is 0 Å². The molecule has 5 rings (SSSR count). The maximum atomic E-state index is 13.9. The number of aryl methyl sites for hydroxylation is 1. The van der Waals surface area contributed by atoms with Gasteiger partial charge in [-0.25, -0.2) is 0 Å². The number of rotatable bonds is 7. The molecule has 1 aromatic carbocycles. The summed E-state index contributed by atoms with van der Waals surface area (Å²) in [6, 6.07) is 7.00. The molecule has 0 radical (unpaired) electrons. The van der Waals surface area contributed by atoms with Crippen molar-refractivity contribution in [3.63, 3.8) is 0 Å². The summed E-state index contributed by atoms with van der Waals surface area (Å²) in [4.78, 5) is 17.6. The van der Waals surface area contributed by atoms with Crippen molar-refractivity contribution >= 4 is 11.5 Å². The highest BCUT2D eigenvalue weighted by Gasteiger charge is 2.36. The molecule has 1 aliphatic heterocycles. The molecular formula is C29H33F3N2O3. The van der Waals surface area contributed by atoms with Gasteiger partial charge in [-0.1, -0.05) is 30.9 Å². The Morgan fingerprint density at radius 2 is 1.89 bits per heavy atom.